The third kappa shape index (κ3) is 4.38. The van der Waals surface area contributed by atoms with E-state index < -0.39 is 5.91 Å². The molecule has 0 bridgehead atoms. The molecule has 0 saturated carbocycles. The minimum atomic E-state index is -0.406. The molecule has 8 nitrogen and oxygen atoms in total. The van der Waals surface area contributed by atoms with Crippen molar-refractivity contribution in [3.63, 3.8) is 0 Å². The Hall–Kier alpha value is -2.81. The van der Waals surface area contributed by atoms with Crippen molar-refractivity contribution in [3.8, 4) is 0 Å². The van der Waals surface area contributed by atoms with Gasteiger partial charge >= 0.3 is 0 Å². The summed E-state index contributed by atoms with van der Waals surface area (Å²) >= 11 is 0.844. The molecule has 0 atom stereocenters. The van der Waals surface area contributed by atoms with Gasteiger partial charge < -0.3 is 14.7 Å². The van der Waals surface area contributed by atoms with Crippen LogP contribution in [0.3, 0.4) is 0 Å². The highest BCUT2D eigenvalue weighted by Gasteiger charge is 2.35. The van der Waals surface area contributed by atoms with Gasteiger partial charge in [0, 0.05) is 43.9 Å². The van der Waals surface area contributed by atoms with Crippen LogP contribution in [0.15, 0.2) is 40.2 Å². The van der Waals surface area contributed by atoms with Crippen molar-refractivity contribution in [1.29, 1.82) is 0 Å². The molecule has 3 heterocycles. The maximum Gasteiger partial charge on any atom is 0.293 e. The van der Waals surface area contributed by atoms with Crippen LogP contribution in [0.1, 0.15) is 17.9 Å². The summed E-state index contributed by atoms with van der Waals surface area (Å²) in [5.41, 5.74) is 0.925. The van der Waals surface area contributed by atoms with Gasteiger partial charge in [-0.2, -0.15) is 0 Å². The van der Waals surface area contributed by atoms with E-state index >= 15 is 0 Å². The molecular weight excluding hydrogens is 344 g/mol. The molecule has 2 N–H and O–H groups in total. The van der Waals surface area contributed by atoms with Crippen molar-refractivity contribution in [2.45, 2.75) is 12.8 Å². The third-order valence-corrected chi connectivity index (χ3v) is 4.43. The molecule has 1 aliphatic heterocycles. The Morgan fingerprint density at radius 2 is 2.32 bits per heavy atom. The summed E-state index contributed by atoms with van der Waals surface area (Å²) in [6.07, 6.45) is 6.98. The molecule has 2 aromatic heterocycles. The Morgan fingerprint density at radius 3 is 3.04 bits per heavy atom. The first-order chi connectivity index (χ1) is 12.1. The molecule has 0 spiro atoms. The van der Waals surface area contributed by atoms with Crippen LogP contribution in [0.5, 0.6) is 0 Å². The van der Waals surface area contributed by atoms with Gasteiger partial charge in [-0.3, -0.25) is 19.3 Å². The smallest absolute Gasteiger partial charge is 0.293 e. The number of carbonyl (C=O) groups is 3. The number of rotatable bonds is 7. The number of amides is 3. The standard InChI is InChI=1S/C16H16N4O4S/c21-14(18-5-3-11-9-17-10-19-11)4-6-20-15(22)13(25-16(20)23)8-12-2-1-7-24-12/h1-2,7-10H,3-6H2,(H,17,19)(H,18,21)/b13-8-. The van der Waals surface area contributed by atoms with Gasteiger partial charge in [-0.05, 0) is 23.9 Å². The van der Waals surface area contributed by atoms with Crippen LogP contribution in [0, 0.1) is 0 Å². The maximum atomic E-state index is 12.3. The highest BCUT2D eigenvalue weighted by Crippen LogP contribution is 2.32. The number of thioether (sulfide) groups is 1. The Labute approximate surface area is 147 Å². The number of aromatic nitrogens is 2. The number of aromatic amines is 1. The molecule has 130 valence electrons. The second kappa shape index (κ2) is 7.84. The van der Waals surface area contributed by atoms with Crippen molar-refractivity contribution in [2.24, 2.45) is 0 Å². The lowest BCUT2D eigenvalue weighted by atomic mass is 10.3. The molecule has 0 unspecified atom stereocenters. The summed E-state index contributed by atoms with van der Waals surface area (Å²) in [7, 11) is 0. The highest BCUT2D eigenvalue weighted by molar-refractivity contribution is 8.18. The van der Waals surface area contributed by atoms with E-state index in [2.05, 4.69) is 15.3 Å². The number of hydrogen-bond donors (Lipinski definition) is 2. The Balaban J connectivity index is 1.46. The third-order valence-electron chi connectivity index (χ3n) is 3.52. The molecular formula is C16H16N4O4S. The van der Waals surface area contributed by atoms with Crippen molar-refractivity contribution < 1.29 is 18.8 Å². The first kappa shape index (κ1) is 17.0. The second-order valence-electron chi connectivity index (χ2n) is 5.28. The summed E-state index contributed by atoms with van der Waals surface area (Å²) in [4.78, 5) is 44.3. The van der Waals surface area contributed by atoms with Gasteiger partial charge in [-0.25, -0.2) is 4.98 Å². The molecule has 3 rings (SSSR count). The van der Waals surface area contributed by atoms with E-state index in [0.717, 1.165) is 22.4 Å². The molecule has 9 heteroatoms. The van der Waals surface area contributed by atoms with Crippen molar-refractivity contribution in [2.75, 3.05) is 13.1 Å². The fourth-order valence-corrected chi connectivity index (χ4v) is 3.10. The van der Waals surface area contributed by atoms with Gasteiger partial charge in [-0.15, -0.1) is 0 Å². The average Bonchev–Trinajstić information content (AvgIpc) is 3.31. The SMILES string of the molecule is O=C(CCN1C(=O)S/C(=C\c2ccco2)C1=O)NCCc1cnc[nH]1. The van der Waals surface area contributed by atoms with E-state index in [0.29, 0.717) is 23.6 Å². The summed E-state index contributed by atoms with van der Waals surface area (Å²) in [6.45, 7) is 0.511. The maximum absolute atomic E-state index is 12.3. The van der Waals surface area contributed by atoms with Crippen LogP contribution >= 0.6 is 11.8 Å². The Kier molecular flexibility index (Phi) is 5.34. The number of carbonyl (C=O) groups excluding carboxylic acids is 3. The van der Waals surface area contributed by atoms with E-state index in [-0.39, 0.29) is 24.1 Å². The molecule has 2 aromatic rings. The van der Waals surface area contributed by atoms with E-state index in [1.807, 2.05) is 0 Å². The number of nitrogens with one attached hydrogen (secondary N) is 2. The largest absolute Gasteiger partial charge is 0.465 e. The summed E-state index contributed by atoms with van der Waals surface area (Å²) in [6, 6.07) is 3.39. The lowest BCUT2D eigenvalue weighted by Gasteiger charge is -2.12. The lowest BCUT2D eigenvalue weighted by Crippen LogP contribution is -2.34. The zero-order valence-corrected chi connectivity index (χ0v) is 14.0. The number of hydrogen-bond acceptors (Lipinski definition) is 6. The zero-order chi connectivity index (χ0) is 17.6. The molecule has 0 radical (unpaired) electrons. The van der Waals surface area contributed by atoms with Gasteiger partial charge in [0.15, 0.2) is 0 Å². The Morgan fingerprint density at radius 1 is 1.44 bits per heavy atom. The van der Waals surface area contributed by atoms with Crippen molar-refractivity contribution in [1.82, 2.24) is 20.2 Å². The molecule has 1 aliphatic rings. The first-order valence-electron chi connectivity index (χ1n) is 7.66. The van der Waals surface area contributed by atoms with E-state index in [9.17, 15) is 14.4 Å². The van der Waals surface area contributed by atoms with E-state index in [1.54, 1.807) is 24.7 Å². The summed E-state index contributed by atoms with van der Waals surface area (Å²) in [5.74, 6) is -0.118. The normalized spacial score (nSPS) is 16.0. The van der Waals surface area contributed by atoms with Crippen LogP contribution in [0.2, 0.25) is 0 Å². The van der Waals surface area contributed by atoms with Crippen LogP contribution < -0.4 is 5.32 Å². The quantitative estimate of drug-likeness (QED) is 0.729. The number of furan rings is 1. The number of imide groups is 1. The fraction of sp³-hybridized carbons (Fsp3) is 0.250. The van der Waals surface area contributed by atoms with Crippen molar-refractivity contribution >= 4 is 34.9 Å². The topological polar surface area (TPSA) is 108 Å². The number of H-pyrrole nitrogens is 1. The monoisotopic (exact) mass is 360 g/mol. The number of imidazole rings is 1. The predicted octanol–water partition coefficient (Wildman–Crippen LogP) is 1.79. The lowest BCUT2D eigenvalue weighted by molar-refractivity contribution is -0.124. The number of nitrogens with zero attached hydrogens (tertiary/aromatic N) is 2. The van der Waals surface area contributed by atoms with Gasteiger partial charge in [0.25, 0.3) is 11.1 Å². The highest BCUT2D eigenvalue weighted by atomic mass is 32.2. The van der Waals surface area contributed by atoms with Crippen LogP contribution in [0.4, 0.5) is 4.79 Å². The van der Waals surface area contributed by atoms with Crippen LogP contribution in [-0.4, -0.2) is 45.0 Å². The van der Waals surface area contributed by atoms with Crippen molar-refractivity contribution in [3.05, 3.63) is 47.3 Å². The van der Waals surface area contributed by atoms with E-state index in [1.165, 1.54) is 12.3 Å². The Bertz CT molecular complexity index is 783. The van der Waals surface area contributed by atoms with Gasteiger partial charge in [-0.1, -0.05) is 0 Å². The molecule has 25 heavy (non-hydrogen) atoms. The second-order valence-corrected chi connectivity index (χ2v) is 6.27. The van der Waals surface area contributed by atoms with Crippen LogP contribution in [-0.2, 0) is 16.0 Å². The molecule has 3 amide bonds. The fourth-order valence-electron chi connectivity index (χ4n) is 2.26. The zero-order valence-electron chi connectivity index (χ0n) is 13.2. The first-order valence-corrected chi connectivity index (χ1v) is 8.48. The molecule has 1 fully saturated rings. The average molecular weight is 360 g/mol. The molecule has 0 aromatic carbocycles. The van der Waals surface area contributed by atoms with Gasteiger partial charge in [0.2, 0.25) is 5.91 Å². The minimum Gasteiger partial charge on any atom is -0.465 e. The predicted molar refractivity (Wildman–Crippen MR) is 91.3 cm³/mol. The molecule has 1 saturated heterocycles. The van der Waals surface area contributed by atoms with Gasteiger partial charge in [0.05, 0.1) is 17.5 Å². The summed E-state index contributed by atoms with van der Waals surface area (Å²) < 4.78 is 5.14. The minimum absolute atomic E-state index is 0.0516. The van der Waals surface area contributed by atoms with E-state index in [4.69, 9.17) is 4.42 Å². The van der Waals surface area contributed by atoms with Crippen LogP contribution in [0.25, 0.3) is 6.08 Å². The van der Waals surface area contributed by atoms with Gasteiger partial charge in [0.1, 0.15) is 5.76 Å². The molecule has 0 aliphatic carbocycles. The summed E-state index contributed by atoms with van der Waals surface area (Å²) in [5, 5.41) is 2.37.